The van der Waals surface area contributed by atoms with Gasteiger partial charge >= 0.3 is 0 Å². The number of methoxy groups -OCH3 is 1. The van der Waals surface area contributed by atoms with E-state index in [0.29, 0.717) is 17.9 Å². The highest BCUT2D eigenvalue weighted by Gasteiger charge is 2.25. The number of rotatable bonds is 6. The van der Waals surface area contributed by atoms with Gasteiger partial charge in [-0.25, -0.2) is 0 Å². The summed E-state index contributed by atoms with van der Waals surface area (Å²) in [6.07, 6.45) is 2.89. The average Bonchev–Trinajstić information content (AvgIpc) is 2.17. The summed E-state index contributed by atoms with van der Waals surface area (Å²) in [5.41, 5.74) is 0. The van der Waals surface area contributed by atoms with Crippen LogP contribution in [0.1, 0.15) is 47.5 Å². The SMILES string of the molecule is CCC(C)C(C)C(OC)C(C)CC. The van der Waals surface area contributed by atoms with Crippen molar-refractivity contribution in [3.8, 4) is 0 Å². The largest absolute Gasteiger partial charge is 0.381 e. The maximum Gasteiger partial charge on any atom is 0.0624 e. The molecule has 0 heterocycles. The van der Waals surface area contributed by atoms with Gasteiger partial charge in [-0.3, -0.25) is 0 Å². The van der Waals surface area contributed by atoms with Gasteiger partial charge in [0.1, 0.15) is 0 Å². The lowest BCUT2D eigenvalue weighted by Gasteiger charge is -2.31. The first-order valence-electron chi connectivity index (χ1n) is 5.61. The Kier molecular flexibility index (Phi) is 6.40. The molecule has 0 aromatic carbocycles. The van der Waals surface area contributed by atoms with E-state index in [0.717, 1.165) is 5.92 Å². The van der Waals surface area contributed by atoms with Gasteiger partial charge in [0.05, 0.1) is 6.10 Å². The molecule has 0 aliphatic carbocycles. The molecule has 0 spiro atoms. The van der Waals surface area contributed by atoms with E-state index in [4.69, 9.17) is 4.74 Å². The minimum atomic E-state index is 0.431. The van der Waals surface area contributed by atoms with Gasteiger partial charge in [0.15, 0.2) is 0 Å². The van der Waals surface area contributed by atoms with Crippen molar-refractivity contribution in [3.63, 3.8) is 0 Å². The Morgan fingerprint density at radius 2 is 1.38 bits per heavy atom. The Labute approximate surface area is 83.9 Å². The zero-order valence-electron chi connectivity index (χ0n) is 10.1. The molecule has 0 aliphatic heterocycles. The lowest BCUT2D eigenvalue weighted by Crippen LogP contribution is -2.31. The molecule has 80 valence electrons. The van der Waals surface area contributed by atoms with E-state index in [-0.39, 0.29) is 0 Å². The Morgan fingerprint density at radius 3 is 1.69 bits per heavy atom. The highest BCUT2D eigenvalue weighted by Crippen LogP contribution is 2.26. The van der Waals surface area contributed by atoms with Gasteiger partial charge in [0, 0.05) is 7.11 Å². The fourth-order valence-electron chi connectivity index (χ4n) is 1.89. The standard InChI is InChI=1S/C12H26O/c1-7-9(3)11(5)12(13-6)10(4)8-2/h9-12H,7-8H2,1-6H3. The fourth-order valence-corrected chi connectivity index (χ4v) is 1.89. The smallest absolute Gasteiger partial charge is 0.0624 e. The van der Waals surface area contributed by atoms with Gasteiger partial charge in [0.2, 0.25) is 0 Å². The molecule has 0 saturated carbocycles. The van der Waals surface area contributed by atoms with Crippen LogP contribution in [0.2, 0.25) is 0 Å². The van der Waals surface area contributed by atoms with Crippen LogP contribution < -0.4 is 0 Å². The third kappa shape index (κ3) is 3.68. The minimum absolute atomic E-state index is 0.431. The third-order valence-electron chi connectivity index (χ3n) is 3.54. The van der Waals surface area contributed by atoms with Crippen LogP contribution in [0.15, 0.2) is 0 Å². The molecule has 1 nitrogen and oxygen atoms in total. The summed E-state index contributed by atoms with van der Waals surface area (Å²) in [6, 6.07) is 0. The monoisotopic (exact) mass is 186 g/mol. The summed E-state index contributed by atoms with van der Waals surface area (Å²) in [5, 5.41) is 0. The van der Waals surface area contributed by atoms with Crippen LogP contribution in [0.25, 0.3) is 0 Å². The Balaban J connectivity index is 4.21. The van der Waals surface area contributed by atoms with Crippen molar-refractivity contribution in [2.24, 2.45) is 17.8 Å². The Bertz CT molecular complexity index is 122. The molecule has 0 aliphatic rings. The maximum absolute atomic E-state index is 5.59. The van der Waals surface area contributed by atoms with E-state index < -0.39 is 0 Å². The predicted octanol–water partition coefficient (Wildman–Crippen LogP) is 3.73. The van der Waals surface area contributed by atoms with Crippen molar-refractivity contribution in [1.29, 1.82) is 0 Å². The predicted molar refractivity (Wildman–Crippen MR) is 58.9 cm³/mol. The molecular weight excluding hydrogens is 160 g/mol. The van der Waals surface area contributed by atoms with Crippen LogP contribution in [-0.2, 0) is 4.74 Å². The van der Waals surface area contributed by atoms with Crippen LogP contribution in [0.5, 0.6) is 0 Å². The molecule has 4 unspecified atom stereocenters. The highest BCUT2D eigenvalue weighted by molar-refractivity contribution is 4.74. The van der Waals surface area contributed by atoms with E-state index in [1.54, 1.807) is 0 Å². The van der Waals surface area contributed by atoms with Gasteiger partial charge in [-0.1, -0.05) is 47.5 Å². The second-order valence-electron chi connectivity index (χ2n) is 4.33. The molecule has 0 bridgehead atoms. The van der Waals surface area contributed by atoms with Crippen molar-refractivity contribution in [2.75, 3.05) is 7.11 Å². The summed E-state index contributed by atoms with van der Waals surface area (Å²) in [7, 11) is 1.84. The molecule has 13 heavy (non-hydrogen) atoms. The second kappa shape index (κ2) is 6.42. The third-order valence-corrected chi connectivity index (χ3v) is 3.54. The summed E-state index contributed by atoms with van der Waals surface area (Å²) >= 11 is 0. The lowest BCUT2D eigenvalue weighted by atomic mass is 9.82. The van der Waals surface area contributed by atoms with Crippen LogP contribution in [-0.4, -0.2) is 13.2 Å². The summed E-state index contributed by atoms with van der Waals surface area (Å²) < 4.78 is 5.59. The van der Waals surface area contributed by atoms with Gasteiger partial charge in [0.25, 0.3) is 0 Å². The summed E-state index contributed by atoms with van der Waals surface area (Å²) in [5.74, 6) is 2.11. The van der Waals surface area contributed by atoms with E-state index in [1.807, 2.05) is 7.11 Å². The quantitative estimate of drug-likeness (QED) is 0.614. The molecule has 4 atom stereocenters. The summed E-state index contributed by atoms with van der Waals surface area (Å²) in [4.78, 5) is 0. The van der Waals surface area contributed by atoms with Crippen molar-refractivity contribution >= 4 is 0 Å². The number of hydrogen-bond acceptors (Lipinski definition) is 1. The molecular formula is C12H26O. The number of hydrogen-bond donors (Lipinski definition) is 0. The highest BCUT2D eigenvalue weighted by atomic mass is 16.5. The van der Waals surface area contributed by atoms with Crippen molar-refractivity contribution < 1.29 is 4.74 Å². The van der Waals surface area contributed by atoms with E-state index >= 15 is 0 Å². The van der Waals surface area contributed by atoms with Crippen molar-refractivity contribution in [3.05, 3.63) is 0 Å². The van der Waals surface area contributed by atoms with Crippen molar-refractivity contribution in [2.45, 2.75) is 53.6 Å². The first-order chi connectivity index (χ1) is 6.08. The fraction of sp³-hybridized carbons (Fsp3) is 1.00. The maximum atomic E-state index is 5.59. The molecule has 0 radical (unpaired) electrons. The van der Waals surface area contributed by atoms with Crippen LogP contribution in [0, 0.1) is 17.8 Å². The Morgan fingerprint density at radius 1 is 0.923 bits per heavy atom. The number of ether oxygens (including phenoxy) is 1. The van der Waals surface area contributed by atoms with Gasteiger partial charge in [-0.05, 0) is 17.8 Å². The van der Waals surface area contributed by atoms with Crippen LogP contribution in [0.3, 0.4) is 0 Å². The van der Waals surface area contributed by atoms with E-state index in [9.17, 15) is 0 Å². The van der Waals surface area contributed by atoms with E-state index in [1.165, 1.54) is 12.8 Å². The zero-order valence-corrected chi connectivity index (χ0v) is 10.1. The minimum Gasteiger partial charge on any atom is -0.381 e. The van der Waals surface area contributed by atoms with Gasteiger partial charge in [-0.15, -0.1) is 0 Å². The topological polar surface area (TPSA) is 9.23 Å². The zero-order chi connectivity index (χ0) is 10.4. The molecule has 0 N–H and O–H groups in total. The normalized spacial score (nSPS) is 20.8. The molecule has 0 saturated heterocycles. The summed E-state index contributed by atoms with van der Waals surface area (Å²) in [6.45, 7) is 11.4. The molecule has 0 aromatic heterocycles. The molecule has 0 fully saturated rings. The van der Waals surface area contributed by atoms with Gasteiger partial charge in [-0.2, -0.15) is 0 Å². The molecule has 0 amide bonds. The Hall–Kier alpha value is -0.0400. The molecule has 1 heteroatoms. The molecule has 0 aromatic rings. The second-order valence-corrected chi connectivity index (χ2v) is 4.33. The molecule has 0 rings (SSSR count). The lowest BCUT2D eigenvalue weighted by molar-refractivity contribution is -0.00221. The first kappa shape index (κ1) is 13.0. The van der Waals surface area contributed by atoms with Crippen LogP contribution in [0.4, 0.5) is 0 Å². The van der Waals surface area contributed by atoms with Gasteiger partial charge < -0.3 is 4.74 Å². The van der Waals surface area contributed by atoms with Crippen LogP contribution >= 0.6 is 0 Å². The van der Waals surface area contributed by atoms with E-state index in [2.05, 4.69) is 34.6 Å². The first-order valence-corrected chi connectivity index (χ1v) is 5.61. The average molecular weight is 186 g/mol. The van der Waals surface area contributed by atoms with Crippen molar-refractivity contribution in [1.82, 2.24) is 0 Å².